The van der Waals surface area contributed by atoms with Crippen LogP contribution in [0, 0.1) is 23.7 Å². The van der Waals surface area contributed by atoms with Crippen molar-refractivity contribution in [3.8, 4) is 0 Å². The first kappa shape index (κ1) is 22.8. The van der Waals surface area contributed by atoms with E-state index in [1.165, 1.54) is 44.1 Å². The average molecular weight is 424 g/mol. The highest BCUT2D eigenvalue weighted by Crippen LogP contribution is 2.50. The predicted molar refractivity (Wildman–Crippen MR) is 128 cm³/mol. The van der Waals surface area contributed by atoms with Crippen molar-refractivity contribution in [3.63, 3.8) is 0 Å². The number of aliphatic hydroxyl groups is 2. The van der Waals surface area contributed by atoms with E-state index in [0.29, 0.717) is 17.8 Å². The first-order valence-corrected chi connectivity index (χ1v) is 12.7. The molecular weight excluding hydrogens is 382 g/mol. The monoisotopic (exact) mass is 423 g/mol. The molecule has 0 saturated heterocycles. The first-order valence-electron chi connectivity index (χ1n) is 12.7. The number of benzene rings is 1. The molecular formula is C28H41NO2. The smallest absolute Gasteiger partial charge is 0.0749 e. The van der Waals surface area contributed by atoms with Gasteiger partial charge in [-0.25, -0.2) is 0 Å². The molecule has 170 valence electrons. The maximum absolute atomic E-state index is 10.6. The van der Waals surface area contributed by atoms with Gasteiger partial charge in [0.05, 0.1) is 12.2 Å². The third-order valence-corrected chi connectivity index (χ3v) is 7.94. The Balaban J connectivity index is 1.16. The van der Waals surface area contributed by atoms with Gasteiger partial charge in [0.15, 0.2) is 0 Å². The van der Waals surface area contributed by atoms with Crippen LogP contribution in [0.1, 0.15) is 69.8 Å². The zero-order valence-electron chi connectivity index (χ0n) is 19.0. The highest BCUT2D eigenvalue weighted by atomic mass is 16.3. The second-order valence-corrected chi connectivity index (χ2v) is 10.2. The fourth-order valence-electron chi connectivity index (χ4n) is 6.17. The highest BCUT2D eigenvalue weighted by Gasteiger charge is 2.45. The van der Waals surface area contributed by atoms with E-state index < -0.39 is 0 Å². The summed E-state index contributed by atoms with van der Waals surface area (Å²) in [6, 6.07) is 10.6. The van der Waals surface area contributed by atoms with Crippen LogP contribution in [0.25, 0.3) is 0 Å². The minimum absolute atomic E-state index is 0.223. The van der Waals surface area contributed by atoms with Crippen LogP contribution in [0.5, 0.6) is 0 Å². The van der Waals surface area contributed by atoms with Crippen LogP contribution >= 0.6 is 0 Å². The standard InChI is InChI=1S/C28H41NO2/c30-27(23-12-6-7-13-23)15-14-25-26-18-22(17-24(26)19-28(25)31)11-5-2-8-16-29-20-21-9-3-1-4-10-21/h1,3-4,9-11,14-15,23-31H,2,5-8,12-13,16-20H2/b15-14+,22-11+/t24-,25+,26-,27+,28+/m0/s1. The van der Waals surface area contributed by atoms with Gasteiger partial charge in [0.2, 0.25) is 0 Å². The van der Waals surface area contributed by atoms with E-state index in [1.807, 2.05) is 6.08 Å². The SMILES string of the molecule is O[C@H](/C=C/[C@@H]1[C@H]2C/C(=C/CCCCNCc3ccccc3)C[C@H]2C[C@H]1O)C1CCCC1. The third kappa shape index (κ3) is 6.31. The normalized spacial score (nSPS) is 31.1. The molecule has 3 heteroatoms. The van der Waals surface area contributed by atoms with Crippen molar-refractivity contribution < 1.29 is 10.2 Å². The predicted octanol–water partition coefficient (Wildman–Crippen LogP) is 5.39. The van der Waals surface area contributed by atoms with Crippen molar-refractivity contribution in [2.45, 2.75) is 83.0 Å². The van der Waals surface area contributed by atoms with Crippen molar-refractivity contribution in [2.75, 3.05) is 6.54 Å². The number of rotatable bonds is 10. The van der Waals surface area contributed by atoms with Crippen molar-refractivity contribution >= 4 is 0 Å². The molecule has 0 aliphatic heterocycles. The van der Waals surface area contributed by atoms with Crippen molar-refractivity contribution in [2.24, 2.45) is 23.7 Å². The quantitative estimate of drug-likeness (QED) is 0.349. The lowest BCUT2D eigenvalue weighted by molar-refractivity contribution is 0.135. The topological polar surface area (TPSA) is 52.5 Å². The third-order valence-electron chi connectivity index (χ3n) is 7.94. The molecule has 3 saturated carbocycles. The summed E-state index contributed by atoms with van der Waals surface area (Å²) >= 11 is 0. The summed E-state index contributed by atoms with van der Waals surface area (Å²) in [5.74, 6) is 1.87. The van der Waals surface area contributed by atoms with Gasteiger partial charge in [-0.1, -0.05) is 67.0 Å². The van der Waals surface area contributed by atoms with Crippen LogP contribution in [-0.4, -0.2) is 29.0 Å². The summed E-state index contributed by atoms with van der Waals surface area (Å²) in [4.78, 5) is 0. The van der Waals surface area contributed by atoms with E-state index in [-0.39, 0.29) is 18.1 Å². The van der Waals surface area contributed by atoms with Crippen LogP contribution in [-0.2, 0) is 6.54 Å². The summed E-state index contributed by atoms with van der Waals surface area (Å²) in [6.07, 6.45) is 17.8. The number of fused-ring (bicyclic) bond motifs is 1. The average Bonchev–Trinajstić information content (AvgIpc) is 3.50. The Morgan fingerprint density at radius 2 is 1.87 bits per heavy atom. The van der Waals surface area contributed by atoms with Crippen molar-refractivity contribution in [3.05, 3.63) is 59.7 Å². The Kier molecular flexibility index (Phi) is 8.40. The fraction of sp³-hybridized carbons (Fsp3) is 0.643. The molecule has 1 aromatic rings. The Labute approximate surface area is 188 Å². The molecule has 31 heavy (non-hydrogen) atoms. The fourth-order valence-corrected chi connectivity index (χ4v) is 6.17. The molecule has 5 atom stereocenters. The lowest BCUT2D eigenvalue weighted by atomic mass is 9.89. The molecule has 0 spiro atoms. The number of unbranched alkanes of at least 4 members (excludes halogenated alkanes) is 2. The molecule has 0 amide bonds. The van der Waals surface area contributed by atoms with E-state index in [9.17, 15) is 10.2 Å². The minimum atomic E-state index is -0.319. The largest absolute Gasteiger partial charge is 0.392 e. The summed E-state index contributed by atoms with van der Waals surface area (Å²) < 4.78 is 0. The number of nitrogens with one attached hydrogen (secondary N) is 1. The van der Waals surface area contributed by atoms with Crippen LogP contribution in [0.4, 0.5) is 0 Å². The molecule has 3 fully saturated rings. The van der Waals surface area contributed by atoms with E-state index in [0.717, 1.165) is 38.8 Å². The maximum Gasteiger partial charge on any atom is 0.0749 e. The van der Waals surface area contributed by atoms with Crippen LogP contribution < -0.4 is 5.32 Å². The van der Waals surface area contributed by atoms with Crippen LogP contribution in [0.15, 0.2) is 54.1 Å². The number of hydrogen-bond donors (Lipinski definition) is 3. The highest BCUT2D eigenvalue weighted by molar-refractivity contribution is 5.18. The van der Waals surface area contributed by atoms with E-state index in [1.54, 1.807) is 5.57 Å². The van der Waals surface area contributed by atoms with E-state index in [4.69, 9.17) is 0 Å². The van der Waals surface area contributed by atoms with Gasteiger partial charge in [-0.15, -0.1) is 0 Å². The summed E-state index contributed by atoms with van der Waals surface area (Å²) in [7, 11) is 0. The molecule has 0 heterocycles. The Bertz CT molecular complexity index is 722. The van der Waals surface area contributed by atoms with Gasteiger partial charge in [-0.2, -0.15) is 0 Å². The van der Waals surface area contributed by atoms with Crippen molar-refractivity contribution in [1.82, 2.24) is 5.32 Å². The second-order valence-electron chi connectivity index (χ2n) is 10.2. The maximum atomic E-state index is 10.6. The van der Waals surface area contributed by atoms with Gasteiger partial charge in [0, 0.05) is 12.5 Å². The Hall–Kier alpha value is -1.42. The number of allylic oxidation sites excluding steroid dienone is 2. The lowest BCUT2D eigenvalue weighted by Gasteiger charge is -2.19. The lowest BCUT2D eigenvalue weighted by Crippen LogP contribution is -2.19. The molecule has 3 aliphatic carbocycles. The van der Waals surface area contributed by atoms with Gasteiger partial charge >= 0.3 is 0 Å². The zero-order chi connectivity index (χ0) is 21.5. The van der Waals surface area contributed by atoms with E-state index >= 15 is 0 Å². The molecule has 3 nitrogen and oxygen atoms in total. The zero-order valence-corrected chi connectivity index (χ0v) is 19.0. The van der Waals surface area contributed by atoms with Gasteiger partial charge in [-0.05, 0) is 81.2 Å². The minimum Gasteiger partial charge on any atom is -0.392 e. The van der Waals surface area contributed by atoms with Gasteiger partial charge in [0.25, 0.3) is 0 Å². The molecule has 4 rings (SSSR count). The van der Waals surface area contributed by atoms with Crippen LogP contribution in [0.2, 0.25) is 0 Å². The molecule has 0 bridgehead atoms. The van der Waals surface area contributed by atoms with Crippen LogP contribution in [0.3, 0.4) is 0 Å². The van der Waals surface area contributed by atoms with E-state index in [2.05, 4.69) is 47.8 Å². The van der Waals surface area contributed by atoms with Gasteiger partial charge in [-0.3, -0.25) is 0 Å². The summed E-state index contributed by atoms with van der Waals surface area (Å²) in [6.45, 7) is 2.03. The molecule has 3 N–H and O–H groups in total. The first-order chi connectivity index (χ1) is 15.2. The molecule has 0 aromatic heterocycles. The Morgan fingerprint density at radius 1 is 1.06 bits per heavy atom. The summed E-state index contributed by atoms with van der Waals surface area (Å²) in [5, 5.41) is 24.6. The molecule has 3 aliphatic rings. The van der Waals surface area contributed by atoms with Gasteiger partial charge < -0.3 is 15.5 Å². The molecule has 1 aromatic carbocycles. The number of aliphatic hydroxyl groups excluding tert-OH is 2. The second kappa shape index (κ2) is 11.4. The number of hydrogen-bond acceptors (Lipinski definition) is 3. The Morgan fingerprint density at radius 3 is 2.68 bits per heavy atom. The van der Waals surface area contributed by atoms with Gasteiger partial charge in [0.1, 0.15) is 0 Å². The summed E-state index contributed by atoms with van der Waals surface area (Å²) in [5.41, 5.74) is 2.96. The molecule has 0 radical (unpaired) electrons. The molecule has 0 unspecified atom stereocenters. The van der Waals surface area contributed by atoms with Crippen molar-refractivity contribution in [1.29, 1.82) is 0 Å².